The highest BCUT2D eigenvalue weighted by atomic mass is 32.2. The zero-order chi connectivity index (χ0) is 15.1. The molecule has 5 heteroatoms. The lowest BCUT2D eigenvalue weighted by Gasteiger charge is -2.07. The minimum absolute atomic E-state index is 0.0662. The summed E-state index contributed by atoms with van der Waals surface area (Å²) >= 11 is 1.47. The van der Waals surface area contributed by atoms with Gasteiger partial charge in [0.1, 0.15) is 10.9 Å². The molecule has 4 nitrogen and oxygen atoms in total. The third kappa shape index (κ3) is 4.70. The highest BCUT2D eigenvalue weighted by molar-refractivity contribution is 8.00. The SMILES string of the molecule is CCCCCNC(=O)CSc1nc(C)nc2ccccc12. The summed E-state index contributed by atoms with van der Waals surface area (Å²) in [5.74, 6) is 1.20. The van der Waals surface area contributed by atoms with E-state index in [1.54, 1.807) is 0 Å². The summed E-state index contributed by atoms with van der Waals surface area (Å²) < 4.78 is 0. The van der Waals surface area contributed by atoms with Crippen LogP contribution in [0.5, 0.6) is 0 Å². The highest BCUT2D eigenvalue weighted by Crippen LogP contribution is 2.24. The van der Waals surface area contributed by atoms with Crippen molar-refractivity contribution in [3.05, 3.63) is 30.1 Å². The molecule has 0 saturated heterocycles. The lowest BCUT2D eigenvalue weighted by Crippen LogP contribution is -2.26. The molecule has 1 amide bonds. The van der Waals surface area contributed by atoms with Gasteiger partial charge in [-0.25, -0.2) is 9.97 Å². The number of hydrogen-bond acceptors (Lipinski definition) is 4. The first-order valence-electron chi connectivity index (χ1n) is 7.33. The average Bonchev–Trinajstić information content (AvgIpc) is 2.49. The van der Waals surface area contributed by atoms with E-state index in [1.165, 1.54) is 11.8 Å². The average molecular weight is 303 g/mol. The zero-order valence-electron chi connectivity index (χ0n) is 12.6. The van der Waals surface area contributed by atoms with Crippen molar-refractivity contribution in [2.45, 2.75) is 38.1 Å². The number of hydrogen-bond donors (Lipinski definition) is 1. The summed E-state index contributed by atoms with van der Waals surface area (Å²) in [5.41, 5.74) is 0.927. The van der Waals surface area contributed by atoms with Gasteiger partial charge in [0.2, 0.25) is 5.91 Å². The zero-order valence-corrected chi connectivity index (χ0v) is 13.4. The number of benzene rings is 1. The summed E-state index contributed by atoms with van der Waals surface area (Å²) in [6, 6.07) is 7.90. The third-order valence-electron chi connectivity index (χ3n) is 3.12. The number of nitrogens with one attached hydrogen (secondary N) is 1. The smallest absolute Gasteiger partial charge is 0.230 e. The second-order valence-corrected chi connectivity index (χ2v) is 5.90. The molecule has 0 bridgehead atoms. The summed E-state index contributed by atoms with van der Waals surface area (Å²) in [7, 11) is 0. The Morgan fingerprint density at radius 2 is 2.05 bits per heavy atom. The number of carbonyl (C=O) groups is 1. The normalized spacial score (nSPS) is 10.8. The number of carbonyl (C=O) groups excluding carboxylic acids is 1. The van der Waals surface area contributed by atoms with Crippen LogP contribution in [0.3, 0.4) is 0 Å². The maximum atomic E-state index is 11.8. The van der Waals surface area contributed by atoms with Gasteiger partial charge in [-0.2, -0.15) is 0 Å². The highest BCUT2D eigenvalue weighted by Gasteiger charge is 2.08. The molecule has 1 aromatic carbocycles. The third-order valence-corrected chi connectivity index (χ3v) is 4.11. The van der Waals surface area contributed by atoms with Crippen LogP contribution in [0, 0.1) is 6.92 Å². The molecule has 0 aliphatic heterocycles. The van der Waals surface area contributed by atoms with E-state index in [1.807, 2.05) is 31.2 Å². The van der Waals surface area contributed by atoms with E-state index >= 15 is 0 Å². The predicted molar refractivity (Wildman–Crippen MR) is 87.5 cm³/mol. The van der Waals surface area contributed by atoms with Crippen molar-refractivity contribution in [2.24, 2.45) is 0 Å². The molecule has 0 atom stereocenters. The van der Waals surface area contributed by atoms with Gasteiger partial charge >= 0.3 is 0 Å². The lowest BCUT2D eigenvalue weighted by atomic mass is 10.2. The largest absolute Gasteiger partial charge is 0.355 e. The van der Waals surface area contributed by atoms with Crippen LogP contribution in [0.25, 0.3) is 10.9 Å². The Morgan fingerprint density at radius 1 is 1.24 bits per heavy atom. The fourth-order valence-electron chi connectivity index (χ4n) is 2.06. The molecule has 2 rings (SSSR count). The van der Waals surface area contributed by atoms with E-state index in [0.717, 1.165) is 47.6 Å². The van der Waals surface area contributed by atoms with Crippen LogP contribution in [0.4, 0.5) is 0 Å². The van der Waals surface area contributed by atoms with E-state index < -0.39 is 0 Å². The van der Waals surface area contributed by atoms with Crippen molar-refractivity contribution in [3.8, 4) is 0 Å². The fraction of sp³-hybridized carbons (Fsp3) is 0.438. The van der Waals surface area contributed by atoms with E-state index in [-0.39, 0.29) is 5.91 Å². The number of unbranched alkanes of at least 4 members (excludes halogenated alkanes) is 2. The maximum absolute atomic E-state index is 11.8. The summed E-state index contributed by atoms with van der Waals surface area (Å²) in [4.78, 5) is 20.7. The first kappa shape index (κ1) is 15.8. The number of nitrogens with zero attached hydrogens (tertiary/aromatic N) is 2. The minimum atomic E-state index is 0.0662. The van der Waals surface area contributed by atoms with Gasteiger partial charge < -0.3 is 5.32 Å². The molecule has 0 radical (unpaired) electrons. The summed E-state index contributed by atoms with van der Waals surface area (Å²) in [6.45, 7) is 4.79. The Labute approximate surface area is 129 Å². The van der Waals surface area contributed by atoms with Gasteiger partial charge in [0.05, 0.1) is 11.3 Å². The van der Waals surface area contributed by atoms with Gasteiger partial charge in [-0.1, -0.05) is 49.7 Å². The van der Waals surface area contributed by atoms with E-state index in [2.05, 4.69) is 22.2 Å². The molecule has 1 heterocycles. The molecule has 1 N–H and O–H groups in total. The summed E-state index contributed by atoms with van der Waals surface area (Å²) in [5, 5.41) is 4.83. The molecule has 0 saturated carbocycles. The van der Waals surface area contributed by atoms with Crippen molar-refractivity contribution in [1.82, 2.24) is 15.3 Å². The van der Waals surface area contributed by atoms with Crippen molar-refractivity contribution < 1.29 is 4.79 Å². The Balaban J connectivity index is 1.95. The van der Waals surface area contributed by atoms with Crippen molar-refractivity contribution in [2.75, 3.05) is 12.3 Å². The fourth-order valence-corrected chi connectivity index (χ4v) is 2.95. The first-order valence-corrected chi connectivity index (χ1v) is 8.32. The van der Waals surface area contributed by atoms with Crippen LogP contribution in [-0.4, -0.2) is 28.2 Å². The Hall–Kier alpha value is -1.62. The van der Waals surface area contributed by atoms with Gasteiger partial charge in [0.15, 0.2) is 0 Å². The molecule has 2 aromatic rings. The number of aryl methyl sites for hydroxylation is 1. The Morgan fingerprint density at radius 3 is 2.86 bits per heavy atom. The molecule has 0 aliphatic carbocycles. The summed E-state index contributed by atoms with van der Waals surface area (Å²) in [6.07, 6.45) is 3.36. The topological polar surface area (TPSA) is 54.9 Å². The molecule has 112 valence electrons. The van der Waals surface area contributed by atoms with Crippen LogP contribution in [0.15, 0.2) is 29.3 Å². The van der Waals surface area contributed by atoms with E-state index in [4.69, 9.17) is 0 Å². The standard InChI is InChI=1S/C16H21N3OS/c1-3-4-7-10-17-15(20)11-21-16-13-8-5-6-9-14(13)18-12(2)19-16/h5-6,8-9H,3-4,7,10-11H2,1-2H3,(H,17,20). The molecule has 1 aromatic heterocycles. The van der Waals surface area contributed by atoms with Gasteiger partial charge in [-0.3, -0.25) is 4.79 Å². The van der Waals surface area contributed by atoms with E-state index in [0.29, 0.717) is 5.75 Å². The van der Waals surface area contributed by atoms with E-state index in [9.17, 15) is 4.79 Å². The molecular formula is C16H21N3OS. The van der Waals surface area contributed by atoms with Crippen LogP contribution >= 0.6 is 11.8 Å². The number of thioether (sulfide) groups is 1. The second-order valence-electron chi connectivity index (χ2n) is 4.94. The molecule has 21 heavy (non-hydrogen) atoms. The number of para-hydroxylation sites is 1. The molecule has 0 unspecified atom stereocenters. The van der Waals surface area contributed by atoms with Crippen molar-refractivity contribution in [3.63, 3.8) is 0 Å². The van der Waals surface area contributed by atoms with Gasteiger partial charge in [-0.05, 0) is 19.4 Å². The Bertz CT molecular complexity index is 615. The van der Waals surface area contributed by atoms with Crippen LogP contribution in [0.2, 0.25) is 0 Å². The van der Waals surface area contributed by atoms with Crippen LogP contribution < -0.4 is 5.32 Å². The number of fused-ring (bicyclic) bond motifs is 1. The number of amides is 1. The number of rotatable bonds is 7. The quantitative estimate of drug-likeness (QED) is 0.484. The molecule has 0 aliphatic rings. The molecular weight excluding hydrogens is 282 g/mol. The van der Waals surface area contributed by atoms with Gasteiger partial charge in [0.25, 0.3) is 0 Å². The van der Waals surface area contributed by atoms with Crippen molar-refractivity contribution >= 4 is 28.6 Å². The lowest BCUT2D eigenvalue weighted by molar-refractivity contribution is -0.118. The van der Waals surface area contributed by atoms with Crippen LogP contribution in [0.1, 0.15) is 32.0 Å². The monoisotopic (exact) mass is 303 g/mol. The van der Waals surface area contributed by atoms with Crippen molar-refractivity contribution in [1.29, 1.82) is 0 Å². The van der Waals surface area contributed by atoms with Gasteiger partial charge in [0, 0.05) is 11.9 Å². The van der Waals surface area contributed by atoms with Gasteiger partial charge in [-0.15, -0.1) is 0 Å². The number of aromatic nitrogens is 2. The second kappa shape index (κ2) is 7.98. The Kier molecular flexibility index (Phi) is 5.99. The van der Waals surface area contributed by atoms with Crippen LogP contribution in [-0.2, 0) is 4.79 Å². The first-order chi connectivity index (χ1) is 10.2. The predicted octanol–water partition coefficient (Wildman–Crippen LogP) is 3.34. The molecule has 0 fully saturated rings. The molecule has 0 spiro atoms. The minimum Gasteiger partial charge on any atom is -0.355 e. The maximum Gasteiger partial charge on any atom is 0.230 e.